The molecule has 1 aliphatic carbocycles. The van der Waals surface area contributed by atoms with Crippen LogP contribution in [-0.2, 0) is 4.74 Å². The second-order valence-corrected chi connectivity index (χ2v) is 4.85. The van der Waals surface area contributed by atoms with E-state index < -0.39 is 30.1 Å². The Balaban J connectivity index is 2.34. The Labute approximate surface area is 88.2 Å². The molecule has 1 N–H and O–H groups in total. The summed E-state index contributed by atoms with van der Waals surface area (Å²) >= 11 is 0. The molecule has 0 spiro atoms. The molecule has 15 heavy (non-hydrogen) atoms. The lowest BCUT2D eigenvalue weighted by Crippen LogP contribution is -2.38. The van der Waals surface area contributed by atoms with Crippen molar-refractivity contribution in [3.63, 3.8) is 0 Å². The van der Waals surface area contributed by atoms with E-state index in [1.165, 1.54) is 0 Å². The third-order valence-electron chi connectivity index (χ3n) is 2.13. The molecule has 1 aliphatic rings. The Morgan fingerprint density at radius 1 is 1.27 bits per heavy atom. The van der Waals surface area contributed by atoms with E-state index in [9.17, 15) is 13.6 Å². The van der Waals surface area contributed by atoms with Gasteiger partial charge in [-0.15, -0.1) is 0 Å². The molecule has 0 aromatic rings. The van der Waals surface area contributed by atoms with E-state index in [1.54, 1.807) is 20.8 Å². The van der Waals surface area contributed by atoms with Gasteiger partial charge in [0.2, 0.25) is 0 Å². The SMILES string of the molecule is CC(C)(C)OC(=O)NC1C[C@@H](F)[C@@H](F)C1. The smallest absolute Gasteiger partial charge is 0.407 e. The summed E-state index contributed by atoms with van der Waals surface area (Å²) in [5, 5.41) is 2.46. The third-order valence-corrected chi connectivity index (χ3v) is 2.13. The Kier molecular flexibility index (Phi) is 3.52. The fraction of sp³-hybridized carbons (Fsp3) is 0.900. The van der Waals surface area contributed by atoms with Crippen molar-refractivity contribution in [2.75, 3.05) is 0 Å². The fourth-order valence-corrected chi connectivity index (χ4v) is 1.53. The molecule has 1 amide bonds. The van der Waals surface area contributed by atoms with Crippen LogP contribution in [0.2, 0.25) is 0 Å². The number of carbonyl (C=O) groups is 1. The summed E-state index contributed by atoms with van der Waals surface area (Å²) in [6.45, 7) is 5.20. The van der Waals surface area contributed by atoms with Gasteiger partial charge >= 0.3 is 6.09 Å². The summed E-state index contributed by atoms with van der Waals surface area (Å²) in [6.07, 6.45) is -3.50. The molecule has 1 rings (SSSR count). The second kappa shape index (κ2) is 4.33. The zero-order valence-corrected chi connectivity index (χ0v) is 9.22. The first kappa shape index (κ1) is 12.2. The number of rotatable bonds is 1. The average Bonchev–Trinajstić information content (AvgIpc) is 2.26. The zero-order chi connectivity index (χ0) is 11.6. The van der Waals surface area contributed by atoms with Crippen molar-refractivity contribution in [1.82, 2.24) is 5.32 Å². The van der Waals surface area contributed by atoms with Gasteiger partial charge in [0.1, 0.15) is 17.9 Å². The highest BCUT2D eigenvalue weighted by Gasteiger charge is 2.35. The molecule has 1 unspecified atom stereocenters. The lowest BCUT2D eigenvalue weighted by atomic mass is 10.2. The maximum Gasteiger partial charge on any atom is 0.407 e. The monoisotopic (exact) mass is 221 g/mol. The number of ether oxygens (including phenoxy) is 1. The number of hydrogen-bond acceptors (Lipinski definition) is 2. The molecule has 3 nitrogen and oxygen atoms in total. The number of alkyl halides is 2. The van der Waals surface area contributed by atoms with Crippen molar-refractivity contribution in [1.29, 1.82) is 0 Å². The van der Waals surface area contributed by atoms with Crippen molar-refractivity contribution >= 4 is 6.09 Å². The zero-order valence-electron chi connectivity index (χ0n) is 9.22. The minimum Gasteiger partial charge on any atom is -0.444 e. The molecule has 1 fully saturated rings. The maximum absolute atomic E-state index is 12.8. The van der Waals surface area contributed by atoms with Gasteiger partial charge in [0, 0.05) is 18.9 Å². The molecule has 0 aromatic heterocycles. The highest BCUT2D eigenvalue weighted by molar-refractivity contribution is 5.68. The van der Waals surface area contributed by atoms with Crippen molar-refractivity contribution in [3.8, 4) is 0 Å². The van der Waals surface area contributed by atoms with Gasteiger partial charge in [-0.3, -0.25) is 0 Å². The lowest BCUT2D eigenvalue weighted by molar-refractivity contribution is 0.0504. The number of alkyl carbamates (subject to hydrolysis) is 1. The standard InChI is InChI=1S/C10H17F2NO2/c1-10(2,3)15-9(14)13-6-4-7(11)8(12)5-6/h6-8H,4-5H2,1-3H3,(H,13,14)/t6?,7-,8+. The summed E-state index contributed by atoms with van der Waals surface area (Å²) in [5.41, 5.74) is -0.590. The number of carbonyl (C=O) groups excluding carboxylic acids is 1. The molecule has 0 aromatic carbocycles. The van der Waals surface area contributed by atoms with E-state index in [-0.39, 0.29) is 12.8 Å². The van der Waals surface area contributed by atoms with Crippen LogP contribution in [0, 0.1) is 0 Å². The van der Waals surface area contributed by atoms with Gasteiger partial charge in [0.15, 0.2) is 0 Å². The molecule has 3 atom stereocenters. The maximum atomic E-state index is 12.8. The van der Waals surface area contributed by atoms with Gasteiger partial charge in [-0.25, -0.2) is 13.6 Å². The molecular formula is C10H17F2NO2. The largest absolute Gasteiger partial charge is 0.444 e. The summed E-state index contributed by atoms with van der Waals surface area (Å²) in [6, 6.07) is -0.454. The van der Waals surface area contributed by atoms with Crippen LogP contribution in [0.4, 0.5) is 13.6 Å². The van der Waals surface area contributed by atoms with Crippen LogP contribution < -0.4 is 5.32 Å². The first-order chi connectivity index (χ1) is 6.78. The van der Waals surface area contributed by atoms with E-state index in [2.05, 4.69) is 5.32 Å². The van der Waals surface area contributed by atoms with Gasteiger partial charge in [-0.05, 0) is 20.8 Å². The van der Waals surface area contributed by atoms with Crippen LogP contribution in [-0.4, -0.2) is 30.1 Å². The summed E-state index contributed by atoms with van der Waals surface area (Å²) in [7, 11) is 0. The van der Waals surface area contributed by atoms with Gasteiger partial charge in [0.05, 0.1) is 0 Å². The first-order valence-electron chi connectivity index (χ1n) is 5.05. The van der Waals surface area contributed by atoms with Crippen molar-refractivity contribution in [3.05, 3.63) is 0 Å². The van der Waals surface area contributed by atoms with Crippen LogP contribution in [0.3, 0.4) is 0 Å². The Hall–Kier alpha value is -0.870. The van der Waals surface area contributed by atoms with Crippen molar-refractivity contribution in [2.45, 2.75) is 57.6 Å². The fourth-order valence-electron chi connectivity index (χ4n) is 1.53. The molecule has 5 heteroatoms. The minimum absolute atomic E-state index is 0.0282. The quantitative estimate of drug-likeness (QED) is 0.738. The Morgan fingerprint density at radius 2 is 1.73 bits per heavy atom. The number of amides is 1. The van der Waals surface area contributed by atoms with E-state index in [0.717, 1.165) is 0 Å². The van der Waals surface area contributed by atoms with Gasteiger partial charge in [0.25, 0.3) is 0 Å². The highest BCUT2D eigenvalue weighted by Crippen LogP contribution is 2.25. The topological polar surface area (TPSA) is 38.3 Å². The highest BCUT2D eigenvalue weighted by atomic mass is 19.2. The first-order valence-corrected chi connectivity index (χ1v) is 5.05. The molecule has 0 bridgehead atoms. The molecule has 0 saturated heterocycles. The van der Waals surface area contributed by atoms with Crippen LogP contribution in [0.5, 0.6) is 0 Å². The predicted molar refractivity (Wildman–Crippen MR) is 52.2 cm³/mol. The Bertz CT molecular complexity index is 230. The van der Waals surface area contributed by atoms with Crippen LogP contribution in [0.15, 0.2) is 0 Å². The van der Waals surface area contributed by atoms with Crippen LogP contribution in [0.1, 0.15) is 33.6 Å². The summed E-state index contributed by atoms with van der Waals surface area (Å²) in [4.78, 5) is 11.2. The average molecular weight is 221 g/mol. The van der Waals surface area contributed by atoms with Gasteiger partial charge < -0.3 is 10.1 Å². The molecule has 1 saturated carbocycles. The molecule has 0 heterocycles. The number of hydrogen-bond donors (Lipinski definition) is 1. The van der Waals surface area contributed by atoms with Gasteiger partial charge in [-0.2, -0.15) is 0 Å². The van der Waals surface area contributed by atoms with Crippen molar-refractivity contribution in [2.24, 2.45) is 0 Å². The van der Waals surface area contributed by atoms with E-state index in [0.29, 0.717) is 0 Å². The summed E-state index contributed by atoms with van der Waals surface area (Å²) in [5.74, 6) is 0. The Morgan fingerprint density at radius 3 is 2.13 bits per heavy atom. The van der Waals surface area contributed by atoms with Crippen LogP contribution in [0.25, 0.3) is 0 Å². The molecule has 0 aliphatic heterocycles. The summed E-state index contributed by atoms with van der Waals surface area (Å²) < 4.78 is 30.6. The number of nitrogens with one attached hydrogen (secondary N) is 1. The number of halogens is 2. The van der Waals surface area contributed by atoms with E-state index >= 15 is 0 Å². The van der Waals surface area contributed by atoms with Crippen LogP contribution >= 0.6 is 0 Å². The lowest BCUT2D eigenvalue weighted by Gasteiger charge is -2.21. The minimum atomic E-state index is -1.47. The third kappa shape index (κ3) is 4.01. The molecular weight excluding hydrogens is 204 g/mol. The van der Waals surface area contributed by atoms with E-state index in [1.807, 2.05) is 0 Å². The molecule has 0 radical (unpaired) electrons. The van der Waals surface area contributed by atoms with Gasteiger partial charge in [-0.1, -0.05) is 0 Å². The molecule has 88 valence electrons. The normalized spacial score (nSPS) is 31.4. The predicted octanol–water partition coefficient (Wildman–Crippen LogP) is 2.35. The second-order valence-electron chi connectivity index (χ2n) is 4.85. The van der Waals surface area contributed by atoms with Crippen molar-refractivity contribution < 1.29 is 18.3 Å². The van der Waals surface area contributed by atoms with E-state index in [4.69, 9.17) is 4.74 Å².